The van der Waals surface area contributed by atoms with Gasteiger partial charge in [-0.15, -0.1) is 0 Å². The molecule has 1 heterocycles. The number of hydrogen-bond acceptors (Lipinski definition) is 4. The van der Waals surface area contributed by atoms with Crippen LogP contribution in [0, 0.1) is 0 Å². The number of carbonyl (C=O) groups is 1. The molecule has 0 radical (unpaired) electrons. The van der Waals surface area contributed by atoms with Crippen LogP contribution in [0.2, 0.25) is 5.02 Å². The molecule has 0 aromatic heterocycles. The van der Waals surface area contributed by atoms with Gasteiger partial charge in [-0.3, -0.25) is 4.79 Å². The number of halogens is 1. The van der Waals surface area contributed by atoms with E-state index < -0.39 is 15.7 Å². The Morgan fingerprint density at radius 3 is 2.46 bits per heavy atom. The summed E-state index contributed by atoms with van der Waals surface area (Å²) in [5.74, 6) is -0.466. The zero-order valence-electron chi connectivity index (χ0n) is 14.5. The molecule has 0 unspecified atom stereocenters. The van der Waals surface area contributed by atoms with Gasteiger partial charge < -0.3 is 10.2 Å². The number of nitrogens with one attached hydrogen (secondary N) is 1. The van der Waals surface area contributed by atoms with Gasteiger partial charge in [0.05, 0.1) is 21.8 Å². The summed E-state index contributed by atoms with van der Waals surface area (Å²) >= 11 is 6.12. The fourth-order valence-corrected chi connectivity index (χ4v) is 4.24. The average molecular weight is 393 g/mol. The Labute approximate surface area is 158 Å². The fourth-order valence-electron chi connectivity index (χ4n) is 3.19. The van der Waals surface area contributed by atoms with E-state index in [1.807, 2.05) is 6.07 Å². The van der Waals surface area contributed by atoms with Crippen LogP contribution in [-0.4, -0.2) is 33.7 Å². The number of sulfone groups is 1. The van der Waals surface area contributed by atoms with Crippen molar-refractivity contribution >= 4 is 38.7 Å². The molecule has 1 amide bonds. The van der Waals surface area contributed by atoms with Gasteiger partial charge in [0, 0.05) is 24.4 Å². The van der Waals surface area contributed by atoms with Crippen molar-refractivity contribution in [3.05, 3.63) is 53.1 Å². The Morgan fingerprint density at radius 1 is 1.08 bits per heavy atom. The standard InChI is InChI=1S/C19H21ClN2O3S/c1-26(24,25)18-8-4-3-7-15(18)19(23)21-16-13-14(20)9-10-17(16)22-11-5-2-6-12-22/h3-4,7-10,13H,2,5-6,11-12H2,1H3,(H,21,23). The first-order chi connectivity index (χ1) is 12.4. The summed E-state index contributed by atoms with van der Waals surface area (Å²) in [6, 6.07) is 11.6. The summed E-state index contributed by atoms with van der Waals surface area (Å²) in [5, 5.41) is 3.36. The highest BCUT2D eigenvalue weighted by molar-refractivity contribution is 7.90. The Kier molecular flexibility index (Phi) is 5.53. The Balaban J connectivity index is 1.94. The van der Waals surface area contributed by atoms with Crippen LogP contribution in [-0.2, 0) is 9.84 Å². The van der Waals surface area contributed by atoms with Gasteiger partial charge in [-0.1, -0.05) is 23.7 Å². The van der Waals surface area contributed by atoms with Crippen molar-refractivity contribution in [3.63, 3.8) is 0 Å². The first-order valence-corrected chi connectivity index (χ1v) is 10.8. The van der Waals surface area contributed by atoms with Crippen LogP contribution in [0.15, 0.2) is 47.4 Å². The molecule has 1 saturated heterocycles. The summed E-state index contributed by atoms with van der Waals surface area (Å²) in [6.45, 7) is 1.84. The number of anilines is 2. The number of carbonyl (C=O) groups excluding carboxylic acids is 1. The Hall–Kier alpha value is -2.05. The van der Waals surface area contributed by atoms with Crippen LogP contribution in [0.4, 0.5) is 11.4 Å². The summed E-state index contributed by atoms with van der Waals surface area (Å²) < 4.78 is 23.9. The minimum Gasteiger partial charge on any atom is -0.370 e. The zero-order valence-corrected chi connectivity index (χ0v) is 16.1. The third-order valence-corrected chi connectivity index (χ3v) is 5.82. The highest BCUT2D eigenvalue weighted by Gasteiger charge is 2.21. The predicted molar refractivity (Wildman–Crippen MR) is 105 cm³/mol. The van der Waals surface area contributed by atoms with Gasteiger partial charge in [-0.2, -0.15) is 0 Å². The van der Waals surface area contributed by atoms with E-state index in [4.69, 9.17) is 11.6 Å². The van der Waals surface area contributed by atoms with E-state index >= 15 is 0 Å². The van der Waals surface area contributed by atoms with Crippen molar-refractivity contribution < 1.29 is 13.2 Å². The van der Waals surface area contributed by atoms with Crippen LogP contribution in [0.3, 0.4) is 0 Å². The summed E-state index contributed by atoms with van der Waals surface area (Å²) in [6.07, 6.45) is 4.50. The molecule has 1 fully saturated rings. The molecule has 0 aliphatic carbocycles. The molecule has 26 heavy (non-hydrogen) atoms. The largest absolute Gasteiger partial charge is 0.370 e. The molecular weight excluding hydrogens is 372 g/mol. The first-order valence-electron chi connectivity index (χ1n) is 8.51. The maximum atomic E-state index is 12.8. The van der Waals surface area contributed by atoms with Crippen LogP contribution >= 0.6 is 11.6 Å². The van der Waals surface area contributed by atoms with Crippen molar-refractivity contribution in [3.8, 4) is 0 Å². The molecule has 0 spiro atoms. The van der Waals surface area contributed by atoms with E-state index in [9.17, 15) is 13.2 Å². The summed E-state index contributed by atoms with van der Waals surface area (Å²) in [7, 11) is -3.51. The van der Waals surface area contributed by atoms with Crippen LogP contribution in [0.5, 0.6) is 0 Å². The maximum absolute atomic E-state index is 12.8. The molecule has 0 saturated carbocycles. The summed E-state index contributed by atoms with van der Waals surface area (Å²) in [4.78, 5) is 15.0. The maximum Gasteiger partial charge on any atom is 0.257 e. The van der Waals surface area contributed by atoms with E-state index in [0.29, 0.717) is 10.7 Å². The molecule has 1 aliphatic heterocycles. The Morgan fingerprint density at radius 2 is 1.77 bits per heavy atom. The van der Waals surface area contributed by atoms with E-state index in [-0.39, 0.29) is 10.5 Å². The molecule has 1 N–H and O–H groups in total. The molecule has 2 aromatic carbocycles. The van der Waals surface area contributed by atoms with Crippen molar-refractivity contribution in [1.29, 1.82) is 0 Å². The van der Waals surface area contributed by atoms with Crippen molar-refractivity contribution in [2.75, 3.05) is 29.6 Å². The van der Waals surface area contributed by atoms with Gasteiger partial charge in [0.25, 0.3) is 5.91 Å². The Bertz CT molecular complexity index is 922. The predicted octanol–water partition coefficient (Wildman–Crippen LogP) is 3.99. The highest BCUT2D eigenvalue weighted by Crippen LogP contribution is 2.32. The zero-order chi connectivity index (χ0) is 18.7. The number of amides is 1. The lowest BCUT2D eigenvalue weighted by Gasteiger charge is -2.30. The number of hydrogen-bond donors (Lipinski definition) is 1. The van der Waals surface area contributed by atoms with E-state index in [2.05, 4.69) is 10.2 Å². The van der Waals surface area contributed by atoms with Gasteiger partial charge >= 0.3 is 0 Å². The second-order valence-corrected chi connectivity index (χ2v) is 8.85. The summed E-state index contributed by atoms with van der Waals surface area (Å²) in [5.41, 5.74) is 1.62. The lowest BCUT2D eigenvalue weighted by atomic mass is 10.1. The van der Waals surface area contributed by atoms with Gasteiger partial charge in [-0.05, 0) is 49.6 Å². The second-order valence-electron chi connectivity index (χ2n) is 6.43. The van der Waals surface area contributed by atoms with E-state index in [1.165, 1.54) is 18.6 Å². The van der Waals surface area contributed by atoms with Crippen LogP contribution in [0.1, 0.15) is 29.6 Å². The second kappa shape index (κ2) is 7.68. The average Bonchev–Trinajstić information content (AvgIpc) is 2.62. The molecule has 138 valence electrons. The minimum absolute atomic E-state index is 0.0130. The molecular formula is C19H21ClN2O3S. The lowest BCUT2D eigenvalue weighted by Crippen LogP contribution is -2.30. The minimum atomic E-state index is -3.51. The number of piperidine rings is 1. The third kappa shape index (κ3) is 4.19. The molecule has 0 atom stereocenters. The fraction of sp³-hybridized carbons (Fsp3) is 0.316. The van der Waals surface area contributed by atoms with E-state index in [1.54, 1.807) is 24.3 Å². The van der Waals surface area contributed by atoms with Crippen molar-refractivity contribution in [1.82, 2.24) is 0 Å². The number of benzene rings is 2. The highest BCUT2D eigenvalue weighted by atomic mass is 35.5. The molecule has 7 heteroatoms. The first kappa shape index (κ1) is 18.7. The van der Waals surface area contributed by atoms with Gasteiger partial charge in [0.1, 0.15) is 0 Å². The van der Waals surface area contributed by atoms with Gasteiger partial charge in [-0.25, -0.2) is 8.42 Å². The van der Waals surface area contributed by atoms with Crippen molar-refractivity contribution in [2.45, 2.75) is 24.2 Å². The lowest BCUT2D eigenvalue weighted by molar-refractivity contribution is 0.102. The molecule has 2 aromatic rings. The third-order valence-electron chi connectivity index (χ3n) is 4.43. The molecule has 0 bridgehead atoms. The topological polar surface area (TPSA) is 66.5 Å². The van der Waals surface area contributed by atoms with Crippen molar-refractivity contribution in [2.24, 2.45) is 0 Å². The smallest absolute Gasteiger partial charge is 0.257 e. The van der Waals surface area contributed by atoms with Crippen LogP contribution < -0.4 is 10.2 Å². The number of nitrogens with zero attached hydrogens (tertiary/aromatic N) is 1. The quantitative estimate of drug-likeness (QED) is 0.854. The number of rotatable bonds is 4. The normalized spacial score (nSPS) is 14.9. The molecule has 1 aliphatic rings. The SMILES string of the molecule is CS(=O)(=O)c1ccccc1C(=O)Nc1cc(Cl)ccc1N1CCCCC1. The van der Waals surface area contributed by atoms with Gasteiger partial charge in [0.15, 0.2) is 9.84 Å². The molecule has 3 rings (SSSR count). The van der Waals surface area contributed by atoms with Gasteiger partial charge in [0.2, 0.25) is 0 Å². The van der Waals surface area contributed by atoms with Crippen LogP contribution in [0.25, 0.3) is 0 Å². The molecule has 5 nitrogen and oxygen atoms in total. The monoisotopic (exact) mass is 392 g/mol. The van der Waals surface area contributed by atoms with E-state index in [0.717, 1.165) is 37.9 Å².